The molecule has 1 heterocycles. The quantitative estimate of drug-likeness (QED) is 0.603. The Labute approximate surface area is 132 Å². The highest BCUT2D eigenvalue weighted by atomic mass is 35.6. The number of carbonyl (C=O) groups is 1. The molecule has 0 unspecified atom stereocenters. The van der Waals surface area contributed by atoms with Gasteiger partial charge >= 0.3 is 0 Å². The normalized spacial score (nSPS) is 12.1. The first-order valence-electron chi connectivity index (χ1n) is 6.33. The summed E-state index contributed by atoms with van der Waals surface area (Å²) in [5, 5.41) is 0. The zero-order chi connectivity index (χ0) is 15.1. The van der Waals surface area contributed by atoms with E-state index in [4.69, 9.17) is 34.8 Å². The Morgan fingerprint density at radius 1 is 1.35 bits per heavy atom. The van der Waals surface area contributed by atoms with Gasteiger partial charge in [0.2, 0.25) is 3.79 Å². The molecule has 0 saturated carbocycles. The molecule has 20 heavy (non-hydrogen) atoms. The summed E-state index contributed by atoms with van der Waals surface area (Å²) >= 11 is 17.7. The summed E-state index contributed by atoms with van der Waals surface area (Å²) in [4.78, 5) is 16.4. The molecule has 0 saturated heterocycles. The van der Waals surface area contributed by atoms with Crippen molar-refractivity contribution in [3.63, 3.8) is 0 Å². The van der Waals surface area contributed by atoms with Crippen LogP contribution in [0.5, 0.6) is 0 Å². The Morgan fingerprint density at radius 2 is 2.00 bits per heavy atom. The number of benzene rings is 1. The van der Waals surface area contributed by atoms with Gasteiger partial charge in [0.15, 0.2) is 11.6 Å². The van der Waals surface area contributed by atoms with E-state index in [9.17, 15) is 4.79 Å². The van der Waals surface area contributed by atoms with Crippen LogP contribution in [0.25, 0.3) is 11.0 Å². The number of hydrogen-bond donors (Lipinski definition) is 0. The maximum absolute atomic E-state index is 12.1. The molecule has 0 aliphatic rings. The molecule has 3 nitrogen and oxygen atoms in total. The van der Waals surface area contributed by atoms with Crippen molar-refractivity contribution < 1.29 is 4.79 Å². The molecule has 2 aromatic rings. The third-order valence-electron chi connectivity index (χ3n) is 3.26. The van der Waals surface area contributed by atoms with E-state index in [2.05, 4.69) is 4.98 Å². The smallest absolute Gasteiger partial charge is 0.248 e. The maximum atomic E-state index is 12.1. The van der Waals surface area contributed by atoms with E-state index in [1.807, 2.05) is 19.9 Å². The molecule has 1 aromatic heterocycles. The van der Waals surface area contributed by atoms with Crippen LogP contribution in [-0.2, 0) is 10.8 Å². The fourth-order valence-corrected chi connectivity index (χ4v) is 2.77. The van der Waals surface area contributed by atoms with Crippen LogP contribution in [0.15, 0.2) is 12.1 Å². The van der Waals surface area contributed by atoms with Gasteiger partial charge in [-0.1, -0.05) is 41.7 Å². The first kappa shape index (κ1) is 15.6. The number of halogens is 3. The summed E-state index contributed by atoms with van der Waals surface area (Å²) < 4.78 is 0.151. The summed E-state index contributed by atoms with van der Waals surface area (Å²) in [6.45, 7) is 3.89. The Kier molecular flexibility index (Phi) is 4.33. The van der Waals surface area contributed by atoms with E-state index in [0.717, 1.165) is 17.5 Å². The molecular weight excluding hydrogens is 319 g/mol. The maximum Gasteiger partial charge on any atom is 0.248 e. The number of carbonyl (C=O) groups excluding carboxylic acids is 1. The third kappa shape index (κ3) is 2.80. The molecule has 0 aliphatic heterocycles. The molecule has 0 aliphatic carbocycles. The predicted octanol–water partition coefficient (Wildman–Crippen LogP) is 4.69. The van der Waals surface area contributed by atoms with Crippen molar-refractivity contribution in [1.82, 2.24) is 9.55 Å². The Balaban J connectivity index is 2.63. The van der Waals surface area contributed by atoms with Gasteiger partial charge in [0.1, 0.15) is 0 Å². The predicted molar refractivity (Wildman–Crippen MR) is 83.9 cm³/mol. The minimum atomic E-state index is -1.59. The first-order chi connectivity index (χ1) is 9.25. The van der Waals surface area contributed by atoms with Gasteiger partial charge in [-0.15, -0.1) is 0 Å². The van der Waals surface area contributed by atoms with Crippen LogP contribution < -0.4 is 0 Å². The number of hydrogen-bond acceptors (Lipinski definition) is 2. The Bertz CT molecular complexity index is 671. The van der Waals surface area contributed by atoms with Crippen molar-refractivity contribution in [1.29, 1.82) is 0 Å². The molecule has 0 fully saturated rings. The van der Waals surface area contributed by atoms with E-state index < -0.39 is 3.79 Å². The lowest BCUT2D eigenvalue weighted by atomic mass is 10.0. The van der Waals surface area contributed by atoms with Crippen LogP contribution in [0, 0.1) is 6.92 Å². The SMILES string of the molecule is CCCC(=O)c1cc2nc(C(Cl)(Cl)Cl)n(C)c2cc1C. The number of aromatic nitrogens is 2. The average Bonchev–Trinajstić information content (AvgIpc) is 2.66. The molecular formula is C14H15Cl3N2O. The molecule has 108 valence electrons. The van der Waals surface area contributed by atoms with Gasteiger partial charge in [-0.05, 0) is 31.0 Å². The van der Waals surface area contributed by atoms with Gasteiger partial charge in [0, 0.05) is 19.0 Å². The van der Waals surface area contributed by atoms with Crippen LogP contribution in [-0.4, -0.2) is 15.3 Å². The summed E-state index contributed by atoms with van der Waals surface area (Å²) in [6.07, 6.45) is 1.34. The summed E-state index contributed by atoms with van der Waals surface area (Å²) in [5.74, 6) is 0.463. The molecule has 0 radical (unpaired) electrons. The van der Waals surface area contributed by atoms with E-state index >= 15 is 0 Å². The second-order valence-corrected chi connectivity index (χ2v) is 7.10. The third-order valence-corrected chi connectivity index (χ3v) is 3.77. The van der Waals surface area contributed by atoms with E-state index in [1.165, 1.54) is 0 Å². The first-order valence-corrected chi connectivity index (χ1v) is 7.46. The van der Waals surface area contributed by atoms with Gasteiger partial charge in [-0.3, -0.25) is 4.79 Å². The molecule has 6 heteroatoms. The van der Waals surface area contributed by atoms with Crippen LogP contribution in [0.4, 0.5) is 0 Å². The Hall–Kier alpha value is -0.770. The van der Waals surface area contributed by atoms with E-state index in [1.54, 1.807) is 17.7 Å². The van der Waals surface area contributed by atoms with Gasteiger partial charge in [-0.25, -0.2) is 4.98 Å². The largest absolute Gasteiger partial charge is 0.327 e. The second kappa shape index (κ2) is 5.55. The number of nitrogens with zero attached hydrogens (tertiary/aromatic N) is 2. The van der Waals surface area contributed by atoms with Crippen molar-refractivity contribution in [3.8, 4) is 0 Å². The zero-order valence-electron chi connectivity index (χ0n) is 11.5. The van der Waals surface area contributed by atoms with Gasteiger partial charge in [-0.2, -0.15) is 0 Å². The standard InChI is InChI=1S/C14H15Cl3N2O/c1-4-5-12(20)9-7-10-11(6-8(9)2)19(3)13(18-10)14(15,16)17/h6-7H,4-5H2,1-3H3. The molecule has 2 rings (SSSR count). The summed E-state index contributed by atoms with van der Waals surface area (Å²) in [7, 11) is 1.79. The highest BCUT2D eigenvalue weighted by Crippen LogP contribution is 2.38. The number of ketones is 1. The van der Waals surface area contributed by atoms with Crippen LogP contribution in [0.3, 0.4) is 0 Å². The number of aryl methyl sites for hydroxylation is 2. The Morgan fingerprint density at radius 3 is 2.55 bits per heavy atom. The number of Topliss-reactive ketones (excluding diaryl/α,β-unsaturated/α-hetero) is 1. The van der Waals surface area contributed by atoms with Crippen LogP contribution >= 0.6 is 34.8 Å². The lowest BCUT2D eigenvalue weighted by molar-refractivity contribution is 0.0981. The molecule has 0 N–H and O–H groups in total. The fraction of sp³-hybridized carbons (Fsp3) is 0.429. The van der Waals surface area contributed by atoms with Crippen molar-refractivity contribution in [2.75, 3.05) is 0 Å². The second-order valence-electron chi connectivity index (χ2n) is 4.82. The van der Waals surface area contributed by atoms with Crippen LogP contribution in [0.2, 0.25) is 0 Å². The van der Waals surface area contributed by atoms with Gasteiger partial charge < -0.3 is 4.57 Å². The topological polar surface area (TPSA) is 34.9 Å². The summed E-state index contributed by atoms with van der Waals surface area (Å²) in [6, 6.07) is 3.69. The molecule has 1 aromatic carbocycles. The lowest BCUT2D eigenvalue weighted by Crippen LogP contribution is -2.08. The van der Waals surface area contributed by atoms with E-state index in [-0.39, 0.29) is 5.78 Å². The fourth-order valence-electron chi connectivity index (χ4n) is 2.26. The monoisotopic (exact) mass is 332 g/mol. The van der Waals surface area contributed by atoms with Crippen LogP contribution in [0.1, 0.15) is 41.5 Å². The lowest BCUT2D eigenvalue weighted by Gasteiger charge is -2.10. The zero-order valence-corrected chi connectivity index (χ0v) is 13.8. The number of alkyl halides is 3. The van der Waals surface area contributed by atoms with Gasteiger partial charge in [0.05, 0.1) is 11.0 Å². The van der Waals surface area contributed by atoms with Crippen molar-refractivity contribution in [3.05, 3.63) is 29.1 Å². The number of rotatable bonds is 3. The van der Waals surface area contributed by atoms with Crippen molar-refractivity contribution in [2.45, 2.75) is 30.5 Å². The minimum absolute atomic E-state index is 0.119. The molecule has 0 atom stereocenters. The molecule has 0 amide bonds. The van der Waals surface area contributed by atoms with Gasteiger partial charge in [0.25, 0.3) is 0 Å². The van der Waals surface area contributed by atoms with Crippen molar-refractivity contribution >= 4 is 51.6 Å². The van der Waals surface area contributed by atoms with Crippen molar-refractivity contribution in [2.24, 2.45) is 7.05 Å². The minimum Gasteiger partial charge on any atom is -0.327 e. The highest BCUT2D eigenvalue weighted by molar-refractivity contribution is 6.66. The summed E-state index contributed by atoms with van der Waals surface area (Å²) in [5.41, 5.74) is 3.11. The molecule has 0 bridgehead atoms. The van der Waals surface area contributed by atoms with E-state index in [0.29, 0.717) is 23.3 Å². The highest BCUT2D eigenvalue weighted by Gasteiger charge is 2.29. The number of fused-ring (bicyclic) bond motifs is 1. The number of imidazole rings is 1. The molecule has 0 spiro atoms. The average molecular weight is 334 g/mol.